The number of ether oxygens (including phenoxy) is 1. The van der Waals surface area contributed by atoms with Crippen LogP contribution in [0, 0.1) is 0 Å². The molecule has 0 spiro atoms. The summed E-state index contributed by atoms with van der Waals surface area (Å²) in [4.78, 5) is 11.9. The number of carbonyl (C=O) groups is 1. The summed E-state index contributed by atoms with van der Waals surface area (Å²) >= 11 is 5.98. The van der Waals surface area contributed by atoms with Crippen molar-refractivity contribution in [3.05, 3.63) is 35.0 Å². The van der Waals surface area contributed by atoms with E-state index >= 15 is 0 Å². The minimum Gasteiger partial charge on any atom is -0.461 e. The second kappa shape index (κ2) is 5.02. The number of fused-ring (bicyclic) bond motifs is 1. The van der Waals surface area contributed by atoms with E-state index in [1.807, 2.05) is 42.7 Å². The molecular formula is C14H16ClNO2. The predicted octanol–water partition coefficient (Wildman–Crippen LogP) is 4.05. The Labute approximate surface area is 111 Å². The highest BCUT2D eigenvalue weighted by atomic mass is 35.5. The number of carbonyl (C=O) groups excluding carboxylic acids is 1. The highest BCUT2D eigenvalue weighted by Crippen LogP contribution is 2.27. The predicted molar refractivity (Wildman–Crippen MR) is 73.3 cm³/mol. The highest BCUT2D eigenvalue weighted by molar-refractivity contribution is 6.31. The van der Waals surface area contributed by atoms with Crippen molar-refractivity contribution in [1.82, 2.24) is 4.57 Å². The lowest BCUT2D eigenvalue weighted by atomic mass is 10.2. The molecule has 0 saturated carbocycles. The van der Waals surface area contributed by atoms with Gasteiger partial charge in [0.2, 0.25) is 0 Å². The van der Waals surface area contributed by atoms with Crippen molar-refractivity contribution in [3.63, 3.8) is 0 Å². The maximum atomic E-state index is 11.9. The van der Waals surface area contributed by atoms with Gasteiger partial charge < -0.3 is 9.30 Å². The van der Waals surface area contributed by atoms with Gasteiger partial charge in [-0.3, -0.25) is 0 Å². The van der Waals surface area contributed by atoms with E-state index in [0.29, 0.717) is 17.3 Å². The highest BCUT2D eigenvalue weighted by Gasteiger charge is 2.18. The van der Waals surface area contributed by atoms with Crippen LogP contribution in [-0.4, -0.2) is 17.1 Å². The van der Waals surface area contributed by atoms with Crippen LogP contribution >= 0.6 is 11.6 Å². The Morgan fingerprint density at radius 3 is 2.72 bits per heavy atom. The zero-order valence-corrected chi connectivity index (χ0v) is 11.5. The molecule has 0 unspecified atom stereocenters. The van der Waals surface area contributed by atoms with Crippen molar-refractivity contribution in [1.29, 1.82) is 0 Å². The molecule has 0 aliphatic rings. The van der Waals surface area contributed by atoms with Gasteiger partial charge in [0.15, 0.2) is 0 Å². The number of hydrogen-bond acceptors (Lipinski definition) is 2. The second-order valence-electron chi connectivity index (χ2n) is 4.42. The molecular weight excluding hydrogens is 250 g/mol. The third-order valence-corrected chi connectivity index (χ3v) is 3.04. The molecule has 18 heavy (non-hydrogen) atoms. The Hall–Kier alpha value is -1.48. The molecule has 0 amide bonds. The number of rotatable bonds is 3. The molecule has 96 valence electrons. The first-order valence-corrected chi connectivity index (χ1v) is 6.40. The SMILES string of the molecule is CCOC(=O)c1cc2cc(Cl)ccc2n1C(C)C. The minimum atomic E-state index is -0.293. The van der Waals surface area contributed by atoms with Gasteiger partial charge in [-0.25, -0.2) is 4.79 Å². The quantitative estimate of drug-likeness (QED) is 0.784. The minimum absolute atomic E-state index is 0.183. The molecule has 0 aliphatic carbocycles. The molecule has 1 heterocycles. The first kappa shape index (κ1) is 13.0. The fraction of sp³-hybridized carbons (Fsp3) is 0.357. The van der Waals surface area contributed by atoms with Gasteiger partial charge in [-0.1, -0.05) is 11.6 Å². The number of benzene rings is 1. The van der Waals surface area contributed by atoms with Crippen LogP contribution in [0.15, 0.2) is 24.3 Å². The Kier molecular flexibility index (Phi) is 3.62. The monoisotopic (exact) mass is 265 g/mol. The molecule has 2 aromatic rings. The van der Waals surface area contributed by atoms with E-state index in [1.165, 1.54) is 0 Å². The largest absolute Gasteiger partial charge is 0.461 e. The van der Waals surface area contributed by atoms with Gasteiger partial charge >= 0.3 is 5.97 Å². The molecule has 0 fully saturated rings. The van der Waals surface area contributed by atoms with E-state index in [4.69, 9.17) is 16.3 Å². The number of aromatic nitrogens is 1. The zero-order valence-electron chi connectivity index (χ0n) is 10.7. The third-order valence-electron chi connectivity index (χ3n) is 2.80. The van der Waals surface area contributed by atoms with Gasteiger partial charge in [0, 0.05) is 22.0 Å². The Bertz CT molecular complexity index is 587. The van der Waals surface area contributed by atoms with Gasteiger partial charge in [0.05, 0.1) is 6.61 Å². The average Bonchev–Trinajstić information content (AvgIpc) is 2.67. The van der Waals surface area contributed by atoms with Crippen molar-refractivity contribution in [2.45, 2.75) is 26.8 Å². The Balaban J connectivity index is 2.64. The van der Waals surface area contributed by atoms with Gasteiger partial charge in [-0.05, 0) is 45.0 Å². The maximum absolute atomic E-state index is 11.9. The van der Waals surface area contributed by atoms with Crippen LogP contribution < -0.4 is 0 Å². The Morgan fingerprint density at radius 1 is 1.39 bits per heavy atom. The summed E-state index contributed by atoms with van der Waals surface area (Å²) in [6.45, 7) is 6.25. The van der Waals surface area contributed by atoms with E-state index in [-0.39, 0.29) is 12.0 Å². The van der Waals surface area contributed by atoms with Crippen molar-refractivity contribution in [2.75, 3.05) is 6.61 Å². The Morgan fingerprint density at radius 2 is 2.11 bits per heavy atom. The summed E-state index contributed by atoms with van der Waals surface area (Å²) in [5, 5.41) is 1.62. The molecule has 2 rings (SSSR count). The molecule has 0 atom stereocenters. The van der Waals surface area contributed by atoms with Gasteiger partial charge in [-0.2, -0.15) is 0 Å². The number of hydrogen-bond donors (Lipinski definition) is 0. The molecule has 1 aromatic heterocycles. The van der Waals surface area contributed by atoms with E-state index < -0.39 is 0 Å². The normalized spacial score (nSPS) is 11.2. The van der Waals surface area contributed by atoms with E-state index in [2.05, 4.69) is 0 Å². The first-order valence-electron chi connectivity index (χ1n) is 6.02. The lowest BCUT2D eigenvalue weighted by molar-refractivity contribution is 0.0513. The van der Waals surface area contributed by atoms with Crippen LogP contribution in [0.3, 0.4) is 0 Å². The van der Waals surface area contributed by atoms with Gasteiger partial charge in [0.25, 0.3) is 0 Å². The van der Waals surface area contributed by atoms with Crippen LogP contribution in [0.25, 0.3) is 10.9 Å². The van der Waals surface area contributed by atoms with Crippen LogP contribution in [0.4, 0.5) is 0 Å². The van der Waals surface area contributed by atoms with Crippen molar-refractivity contribution >= 4 is 28.5 Å². The first-order chi connectivity index (χ1) is 8.54. The van der Waals surface area contributed by atoms with E-state index in [0.717, 1.165) is 10.9 Å². The van der Waals surface area contributed by atoms with Crippen molar-refractivity contribution in [3.8, 4) is 0 Å². The van der Waals surface area contributed by atoms with Crippen LogP contribution in [0.5, 0.6) is 0 Å². The molecule has 0 aliphatic heterocycles. The lowest BCUT2D eigenvalue weighted by Gasteiger charge is -2.13. The molecule has 1 aromatic carbocycles. The maximum Gasteiger partial charge on any atom is 0.354 e. The van der Waals surface area contributed by atoms with Crippen LogP contribution in [0.1, 0.15) is 37.3 Å². The fourth-order valence-electron chi connectivity index (χ4n) is 2.13. The molecule has 0 N–H and O–H groups in total. The summed E-state index contributed by atoms with van der Waals surface area (Å²) in [5.74, 6) is -0.293. The van der Waals surface area contributed by atoms with Gasteiger partial charge in [-0.15, -0.1) is 0 Å². The van der Waals surface area contributed by atoms with Crippen LogP contribution in [0.2, 0.25) is 5.02 Å². The average molecular weight is 266 g/mol. The molecule has 0 radical (unpaired) electrons. The van der Waals surface area contributed by atoms with Crippen molar-refractivity contribution in [2.24, 2.45) is 0 Å². The van der Waals surface area contributed by atoms with Crippen molar-refractivity contribution < 1.29 is 9.53 Å². The third kappa shape index (κ3) is 2.23. The summed E-state index contributed by atoms with van der Waals surface area (Å²) < 4.78 is 7.06. The summed E-state index contributed by atoms with van der Waals surface area (Å²) in [6, 6.07) is 7.64. The smallest absolute Gasteiger partial charge is 0.354 e. The number of esters is 1. The number of nitrogens with zero attached hydrogens (tertiary/aromatic N) is 1. The second-order valence-corrected chi connectivity index (χ2v) is 4.85. The fourth-order valence-corrected chi connectivity index (χ4v) is 2.31. The molecule has 3 nitrogen and oxygen atoms in total. The number of halogens is 1. The standard InChI is InChI=1S/C14H16ClNO2/c1-4-18-14(17)13-8-10-7-11(15)5-6-12(10)16(13)9(2)3/h5-9H,4H2,1-3H3. The van der Waals surface area contributed by atoms with E-state index in [1.54, 1.807) is 6.92 Å². The molecule has 0 saturated heterocycles. The van der Waals surface area contributed by atoms with Gasteiger partial charge in [0.1, 0.15) is 5.69 Å². The topological polar surface area (TPSA) is 31.2 Å². The summed E-state index contributed by atoms with van der Waals surface area (Å²) in [7, 11) is 0. The van der Waals surface area contributed by atoms with E-state index in [9.17, 15) is 4.79 Å². The summed E-state index contributed by atoms with van der Waals surface area (Å²) in [5.41, 5.74) is 1.57. The molecule has 0 bridgehead atoms. The molecule has 4 heteroatoms. The zero-order chi connectivity index (χ0) is 13.3. The lowest BCUT2D eigenvalue weighted by Crippen LogP contribution is -2.13. The van der Waals surface area contributed by atoms with Crippen LogP contribution in [-0.2, 0) is 4.74 Å². The summed E-state index contributed by atoms with van der Waals surface area (Å²) in [6.07, 6.45) is 0.